The number of allylic oxidation sites excluding steroid dienone is 2. The molecule has 1 radical (unpaired) electrons. The first kappa shape index (κ1) is 12.4. The molecule has 1 nitrogen and oxygen atoms in total. The molecule has 0 atom stereocenters. The minimum Gasteiger partial charge on any atom is -0.457 e. The van der Waals surface area contributed by atoms with Crippen molar-refractivity contribution in [3.05, 3.63) is 79.2 Å². The van der Waals surface area contributed by atoms with Crippen LogP contribution in [-0.2, 0) is 6.42 Å². The topological polar surface area (TPSA) is 9.23 Å². The van der Waals surface area contributed by atoms with Gasteiger partial charge in [-0.1, -0.05) is 48.6 Å². The van der Waals surface area contributed by atoms with Crippen LogP contribution in [0.2, 0.25) is 0 Å². The molecule has 0 saturated heterocycles. The fourth-order valence-corrected chi connectivity index (χ4v) is 1.72. The summed E-state index contributed by atoms with van der Waals surface area (Å²) in [6.07, 6.45) is 5.89. The van der Waals surface area contributed by atoms with Gasteiger partial charge in [0.1, 0.15) is 11.5 Å². The van der Waals surface area contributed by atoms with Crippen molar-refractivity contribution in [3.8, 4) is 11.5 Å². The summed E-state index contributed by atoms with van der Waals surface area (Å²) in [6, 6.07) is 18.0. The van der Waals surface area contributed by atoms with Gasteiger partial charge in [0, 0.05) is 0 Å². The van der Waals surface area contributed by atoms with E-state index in [-0.39, 0.29) is 0 Å². The van der Waals surface area contributed by atoms with Crippen LogP contribution in [0.5, 0.6) is 11.5 Å². The average molecular weight is 237 g/mol. The zero-order valence-electron chi connectivity index (χ0n) is 10.4. The number of ether oxygens (including phenoxy) is 1. The Morgan fingerprint density at radius 2 is 1.61 bits per heavy atom. The highest BCUT2D eigenvalue weighted by Gasteiger charge is 2.02. The summed E-state index contributed by atoms with van der Waals surface area (Å²) in [5, 5.41) is 0. The highest BCUT2D eigenvalue weighted by atomic mass is 16.5. The molecule has 0 aromatic heterocycles. The molecule has 0 saturated carbocycles. The van der Waals surface area contributed by atoms with Gasteiger partial charge >= 0.3 is 0 Å². The van der Waals surface area contributed by atoms with Gasteiger partial charge in [0.25, 0.3) is 0 Å². The third-order valence-electron chi connectivity index (χ3n) is 2.61. The summed E-state index contributed by atoms with van der Waals surface area (Å²) in [6.45, 7) is 3.79. The second kappa shape index (κ2) is 6.65. The number of benzene rings is 2. The van der Waals surface area contributed by atoms with E-state index in [1.54, 1.807) is 0 Å². The predicted molar refractivity (Wildman–Crippen MR) is 75.8 cm³/mol. The van der Waals surface area contributed by atoms with Gasteiger partial charge in [0.2, 0.25) is 0 Å². The zero-order chi connectivity index (χ0) is 12.6. The lowest BCUT2D eigenvalue weighted by Gasteiger charge is -2.09. The Kier molecular flexibility index (Phi) is 4.60. The molecule has 0 aliphatic rings. The van der Waals surface area contributed by atoms with Gasteiger partial charge in [0.15, 0.2) is 0 Å². The Morgan fingerprint density at radius 1 is 0.889 bits per heavy atom. The molecule has 2 aromatic rings. The quantitative estimate of drug-likeness (QED) is 0.678. The summed E-state index contributed by atoms with van der Waals surface area (Å²) in [5.41, 5.74) is 1.19. The van der Waals surface area contributed by atoms with Crippen LogP contribution in [0, 0.1) is 6.92 Å². The van der Waals surface area contributed by atoms with Crippen molar-refractivity contribution in [2.75, 3.05) is 0 Å². The van der Waals surface area contributed by atoms with Crippen molar-refractivity contribution >= 4 is 0 Å². The Balaban J connectivity index is 2.15. The molecule has 2 aromatic carbocycles. The molecule has 0 fully saturated rings. The van der Waals surface area contributed by atoms with Crippen LogP contribution in [0.15, 0.2) is 66.7 Å². The van der Waals surface area contributed by atoms with E-state index < -0.39 is 0 Å². The van der Waals surface area contributed by atoms with Crippen LogP contribution in [0.4, 0.5) is 0 Å². The molecule has 0 heterocycles. The van der Waals surface area contributed by atoms with Crippen LogP contribution in [0.3, 0.4) is 0 Å². The maximum Gasteiger partial charge on any atom is 0.130 e. The van der Waals surface area contributed by atoms with Crippen molar-refractivity contribution in [2.24, 2.45) is 0 Å². The first-order valence-corrected chi connectivity index (χ1v) is 6.15. The number of para-hydroxylation sites is 2. The van der Waals surface area contributed by atoms with Crippen molar-refractivity contribution in [2.45, 2.75) is 12.8 Å². The maximum absolute atomic E-state index is 5.89. The van der Waals surface area contributed by atoms with Crippen LogP contribution in [0.25, 0.3) is 0 Å². The molecule has 0 aliphatic carbocycles. The predicted octanol–water partition coefficient (Wildman–Crippen LogP) is 4.80. The molecule has 0 amide bonds. The van der Waals surface area contributed by atoms with Crippen LogP contribution in [0.1, 0.15) is 12.0 Å². The summed E-state index contributed by atoms with van der Waals surface area (Å²) in [7, 11) is 0. The van der Waals surface area contributed by atoms with E-state index in [0.717, 1.165) is 24.3 Å². The smallest absolute Gasteiger partial charge is 0.130 e. The van der Waals surface area contributed by atoms with E-state index in [1.807, 2.05) is 48.5 Å². The highest BCUT2D eigenvalue weighted by Crippen LogP contribution is 2.25. The SMILES string of the molecule is [CH2]C/C=C/Cc1ccccc1Oc1ccccc1. The van der Waals surface area contributed by atoms with Gasteiger partial charge in [-0.2, -0.15) is 0 Å². The number of hydrogen-bond acceptors (Lipinski definition) is 1. The van der Waals surface area contributed by atoms with Crippen molar-refractivity contribution in [1.29, 1.82) is 0 Å². The van der Waals surface area contributed by atoms with E-state index in [0.29, 0.717) is 0 Å². The lowest BCUT2D eigenvalue weighted by molar-refractivity contribution is 0.477. The van der Waals surface area contributed by atoms with Gasteiger partial charge in [-0.3, -0.25) is 0 Å². The van der Waals surface area contributed by atoms with Crippen LogP contribution >= 0.6 is 0 Å². The third-order valence-corrected chi connectivity index (χ3v) is 2.61. The molecule has 0 spiro atoms. The summed E-state index contributed by atoms with van der Waals surface area (Å²) < 4.78 is 5.89. The van der Waals surface area contributed by atoms with Crippen molar-refractivity contribution in [3.63, 3.8) is 0 Å². The summed E-state index contributed by atoms with van der Waals surface area (Å²) in [4.78, 5) is 0. The number of rotatable bonds is 5. The van der Waals surface area contributed by atoms with E-state index in [9.17, 15) is 0 Å². The first-order chi connectivity index (χ1) is 8.90. The molecule has 0 N–H and O–H groups in total. The van der Waals surface area contributed by atoms with Crippen LogP contribution < -0.4 is 4.74 Å². The summed E-state index contributed by atoms with van der Waals surface area (Å²) >= 11 is 0. The lowest BCUT2D eigenvalue weighted by Crippen LogP contribution is -1.90. The molecular formula is C17H17O. The Bertz CT molecular complexity index is 500. The standard InChI is InChI=1S/C17H17O/c1-2-3-5-10-15-11-8-9-14-17(15)18-16-12-6-4-7-13-16/h3-9,11-14H,1-2,10H2/b5-3+. The molecule has 2 rings (SSSR count). The monoisotopic (exact) mass is 237 g/mol. The van der Waals surface area contributed by atoms with E-state index >= 15 is 0 Å². The van der Waals surface area contributed by atoms with Crippen LogP contribution in [-0.4, -0.2) is 0 Å². The fraction of sp³-hybridized carbons (Fsp3) is 0.118. The lowest BCUT2D eigenvalue weighted by atomic mass is 10.1. The second-order valence-corrected chi connectivity index (χ2v) is 3.99. The van der Waals surface area contributed by atoms with Gasteiger partial charge in [-0.25, -0.2) is 0 Å². The average Bonchev–Trinajstić information content (AvgIpc) is 2.42. The third kappa shape index (κ3) is 3.49. The van der Waals surface area contributed by atoms with Gasteiger partial charge in [-0.15, -0.1) is 0 Å². The van der Waals surface area contributed by atoms with Crippen molar-refractivity contribution in [1.82, 2.24) is 0 Å². The second-order valence-electron chi connectivity index (χ2n) is 3.99. The van der Waals surface area contributed by atoms with Crippen molar-refractivity contribution < 1.29 is 4.74 Å². The molecule has 0 bridgehead atoms. The van der Waals surface area contributed by atoms with Gasteiger partial charge in [0.05, 0.1) is 0 Å². The largest absolute Gasteiger partial charge is 0.457 e. The van der Waals surface area contributed by atoms with Gasteiger partial charge in [-0.05, 0) is 43.5 Å². The molecule has 0 aliphatic heterocycles. The fourth-order valence-electron chi connectivity index (χ4n) is 1.72. The number of hydrogen-bond donors (Lipinski definition) is 0. The maximum atomic E-state index is 5.89. The summed E-state index contributed by atoms with van der Waals surface area (Å²) in [5.74, 6) is 1.78. The Labute approximate surface area is 109 Å². The Hall–Kier alpha value is -2.02. The van der Waals surface area contributed by atoms with E-state index in [2.05, 4.69) is 25.1 Å². The highest BCUT2D eigenvalue weighted by molar-refractivity contribution is 5.38. The normalized spacial score (nSPS) is 10.7. The minimum absolute atomic E-state index is 0.821. The van der Waals surface area contributed by atoms with Gasteiger partial charge < -0.3 is 4.74 Å². The zero-order valence-corrected chi connectivity index (χ0v) is 10.4. The first-order valence-electron chi connectivity index (χ1n) is 6.15. The molecular weight excluding hydrogens is 220 g/mol. The molecule has 0 unspecified atom stereocenters. The van der Waals surface area contributed by atoms with E-state index in [4.69, 9.17) is 4.74 Å². The molecule has 1 heteroatoms. The minimum atomic E-state index is 0.821. The Morgan fingerprint density at radius 3 is 2.39 bits per heavy atom. The molecule has 18 heavy (non-hydrogen) atoms. The molecule has 91 valence electrons. The van der Waals surface area contributed by atoms with E-state index in [1.165, 1.54) is 5.56 Å².